The Hall–Kier alpha value is -1.75. The predicted octanol–water partition coefficient (Wildman–Crippen LogP) is 2.22. The lowest BCUT2D eigenvalue weighted by molar-refractivity contribution is 0.0620. The summed E-state index contributed by atoms with van der Waals surface area (Å²) in [6.07, 6.45) is 4.40. The van der Waals surface area contributed by atoms with Crippen molar-refractivity contribution in [2.24, 2.45) is 5.73 Å². The van der Waals surface area contributed by atoms with E-state index in [1.807, 2.05) is 6.92 Å². The van der Waals surface area contributed by atoms with Crippen molar-refractivity contribution >= 4 is 5.91 Å². The van der Waals surface area contributed by atoms with Crippen LogP contribution in [-0.2, 0) is 0 Å². The largest absolute Gasteiger partial charge is 0.507 e. The summed E-state index contributed by atoms with van der Waals surface area (Å²) in [6.45, 7) is 2.63. The fourth-order valence-electron chi connectivity index (χ4n) is 3.00. The van der Waals surface area contributed by atoms with Gasteiger partial charge in [-0.05, 0) is 44.2 Å². The molecule has 0 bridgehead atoms. The molecular formula is C16H24N2O3. The number of phenolic OH excluding ortho intramolecular Hbond substituents is 2. The van der Waals surface area contributed by atoms with Gasteiger partial charge in [-0.2, -0.15) is 0 Å². The number of amides is 1. The molecule has 0 radical (unpaired) electrons. The van der Waals surface area contributed by atoms with Crippen molar-refractivity contribution < 1.29 is 15.0 Å². The van der Waals surface area contributed by atoms with Gasteiger partial charge >= 0.3 is 0 Å². The highest BCUT2D eigenvalue weighted by atomic mass is 16.3. The first kappa shape index (κ1) is 15.6. The molecule has 5 heteroatoms. The average Bonchev–Trinajstić information content (AvgIpc) is 2.45. The zero-order chi connectivity index (χ0) is 15.4. The van der Waals surface area contributed by atoms with Crippen LogP contribution in [-0.4, -0.2) is 39.6 Å². The standard InChI is InChI=1S/C16H24N2O3/c1-2-10-18(12-8-6-11(17)7-9-12)16(21)15-13(19)4-3-5-14(15)20/h3-5,11-12,19-20H,2,6-10,17H2,1H3. The molecule has 1 aliphatic rings. The number of carbonyl (C=O) groups is 1. The highest BCUT2D eigenvalue weighted by molar-refractivity contribution is 5.99. The molecule has 4 N–H and O–H groups in total. The summed E-state index contributed by atoms with van der Waals surface area (Å²) in [5.41, 5.74) is 5.92. The van der Waals surface area contributed by atoms with E-state index in [1.165, 1.54) is 18.2 Å². The Bertz CT molecular complexity index is 476. The molecule has 1 aromatic carbocycles. The maximum absolute atomic E-state index is 12.7. The fraction of sp³-hybridized carbons (Fsp3) is 0.562. The Balaban J connectivity index is 2.23. The topological polar surface area (TPSA) is 86.8 Å². The maximum atomic E-state index is 12.7. The van der Waals surface area contributed by atoms with E-state index in [4.69, 9.17) is 5.73 Å². The predicted molar refractivity (Wildman–Crippen MR) is 81.3 cm³/mol. The molecule has 0 unspecified atom stereocenters. The van der Waals surface area contributed by atoms with E-state index in [1.54, 1.807) is 4.90 Å². The van der Waals surface area contributed by atoms with Crippen LogP contribution in [0.4, 0.5) is 0 Å². The van der Waals surface area contributed by atoms with Crippen molar-refractivity contribution in [1.82, 2.24) is 4.90 Å². The summed E-state index contributed by atoms with van der Waals surface area (Å²) in [7, 11) is 0. The van der Waals surface area contributed by atoms with Crippen LogP contribution >= 0.6 is 0 Å². The average molecular weight is 292 g/mol. The van der Waals surface area contributed by atoms with Gasteiger partial charge in [0.05, 0.1) is 0 Å². The van der Waals surface area contributed by atoms with Crippen molar-refractivity contribution in [1.29, 1.82) is 0 Å². The lowest BCUT2D eigenvalue weighted by atomic mass is 9.90. The number of rotatable bonds is 4. The van der Waals surface area contributed by atoms with Crippen molar-refractivity contribution in [2.45, 2.75) is 51.1 Å². The molecule has 116 valence electrons. The van der Waals surface area contributed by atoms with Crippen molar-refractivity contribution in [3.8, 4) is 11.5 Å². The second-order valence-electron chi connectivity index (χ2n) is 5.74. The van der Waals surface area contributed by atoms with E-state index in [2.05, 4.69) is 0 Å². The van der Waals surface area contributed by atoms with Gasteiger partial charge in [-0.1, -0.05) is 13.0 Å². The monoisotopic (exact) mass is 292 g/mol. The molecule has 0 aliphatic heterocycles. The molecule has 1 saturated carbocycles. The third kappa shape index (κ3) is 3.47. The Morgan fingerprint density at radius 2 is 1.81 bits per heavy atom. The van der Waals surface area contributed by atoms with Crippen molar-refractivity contribution in [3.05, 3.63) is 23.8 Å². The number of hydrogen-bond donors (Lipinski definition) is 3. The minimum absolute atomic E-state index is 0.000761. The molecule has 5 nitrogen and oxygen atoms in total. The van der Waals surface area contributed by atoms with Crippen LogP contribution in [0.5, 0.6) is 11.5 Å². The third-order valence-corrected chi connectivity index (χ3v) is 4.14. The normalized spacial score (nSPS) is 22.0. The van der Waals surface area contributed by atoms with Gasteiger partial charge in [0.1, 0.15) is 17.1 Å². The summed E-state index contributed by atoms with van der Waals surface area (Å²) in [5, 5.41) is 19.8. The number of phenols is 2. The first-order chi connectivity index (χ1) is 10.0. The fourth-order valence-corrected chi connectivity index (χ4v) is 3.00. The maximum Gasteiger partial charge on any atom is 0.261 e. The Kier molecular flexibility index (Phi) is 5.07. The van der Waals surface area contributed by atoms with Gasteiger partial charge < -0.3 is 20.8 Å². The first-order valence-electron chi connectivity index (χ1n) is 7.62. The molecule has 1 aromatic rings. The summed E-state index contributed by atoms with van der Waals surface area (Å²) in [4.78, 5) is 14.5. The van der Waals surface area contributed by atoms with Crippen LogP contribution < -0.4 is 5.73 Å². The zero-order valence-electron chi connectivity index (χ0n) is 12.5. The zero-order valence-corrected chi connectivity index (χ0v) is 12.5. The Labute approximate surface area is 125 Å². The molecule has 0 aromatic heterocycles. The van der Waals surface area contributed by atoms with Gasteiger partial charge in [0.25, 0.3) is 5.91 Å². The second-order valence-corrected chi connectivity index (χ2v) is 5.74. The summed E-state index contributed by atoms with van der Waals surface area (Å²) >= 11 is 0. The second kappa shape index (κ2) is 6.80. The van der Waals surface area contributed by atoms with E-state index in [-0.39, 0.29) is 35.1 Å². The lowest BCUT2D eigenvalue weighted by Crippen LogP contribution is -2.44. The number of carbonyl (C=O) groups excluding carboxylic acids is 1. The molecule has 0 atom stereocenters. The first-order valence-corrected chi connectivity index (χ1v) is 7.62. The number of aromatic hydroxyl groups is 2. The van der Waals surface area contributed by atoms with E-state index in [9.17, 15) is 15.0 Å². The van der Waals surface area contributed by atoms with Crippen LogP contribution in [0.2, 0.25) is 0 Å². The van der Waals surface area contributed by atoms with Gasteiger partial charge in [0.15, 0.2) is 0 Å². The molecule has 0 heterocycles. The van der Waals surface area contributed by atoms with Crippen LogP contribution in [0.15, 0.2) is 18.2 Å². The smallest absolute Gasteiger partial charge is 0.261 e. The molecule has 0 saturated heterocycles. The van der Waals surface area contributed by atoms with Crippen molar-refractivity contribution in [2.75, 3.05) is 6.54 Å². The highest BCUT2D eigenvalue weighted by Crippen LogP contribution is 2.30. The molecule has 2 rings (SSSR count). The van der Waals surface area contributed by atoms with E-state index < -0.39 is 0 Å². The van der Waals surface area contributed by atoms with Crippen LogP contribution in [0, 0.1) is 0 Å². The van der Waals surface area contributed by atoms with E-state index >= 15 is 0 Å². The summed E-state index contributed by atoms with van der Waals surface area (Å²) in [6, 6.07) is 4.72. The molecule has 1 amide bonds. The van der Waals surface area contributed by atoms with Gasteiger partial charge in [0, 0.05) is 18.6 Å². The minimum atomic E-state index is -0.298. The number of hydrogen-bond acceptors (Lipinski definition) is 4. The van der Waals surface area contributed by atoms with Crippen molar-refractivity contribution in [3.63, 3.8) is 0 Å². The number of benzene rings is 1. The molecule has 1 fully saturated rings. The van der Waals surface area contributed by atoms with E-state index in [0.29, 0.717) is 6.54 Å². The summed E-state index contributed by atoms with van der Waals surface area (Å²) in [5.74, 6) is -0.643. The Morgan fingerprint density at radius 3 is 2.33 bits per heavy atom. The van der Waals surface area contributed by atoms with Crippen LogP contribution in [0.1, 0.15) is 49.4 Å². The number of nitrogens with zero attached hydrogens (tertiary/aromatic N) is 1. The number of nitrogens with two attached hydrogens (primary N) is 1. The Morgan fingerprint density at radius 1 is 1.24 bits per heavy atom. The molecule has 0 spiro atoms. The van der Waals surface area contributed by atoms with Gasteiger partial charge in [0.2, 0.25) is 0 Å². The van der Waals surface area contributed by atoms with Crippen LogP contribution in [0.25, 0.3) is 0 Å². The summed E-state index contributed by atoms with van der Waals surface area (Å²) < 4.78 is 0. The van der Waals surface area contributed by atoms with Crippen LogP contribution in [0.3, 0.4) is 0 Å². The minimum Gasteiger partial charge on any atom is -0.507 e. The van der Waals surface area contributed by atoms with Gasteiger partial charge in [-0.3, -0.25) is 4.79 Å². The quantitative estimate of drug-likeness (QED) is 0.794. The SMILES string of the molecule is CCCN(C(=O)c1c(O)cccc1O)C1CCC(N)CC1. The molecular weight excluding hydrogens is 268 g/mol. The lowest BCUT2D eigenvalue weighted by Gasteiger charge is -2.36. The third-order valence-electron chi connectivity index (χ3n) is 4.14. The molecule has 21 heavy (non-hydrogen) atoms. The van der Waals surface area contributed by atoms with Gasteiger partial charge in [-0.25, -0.2) is 0 Å². The van der Waals surface area contributed by atoms with Gasteiger partial charge in [-0.15, -0.1) is 0 Å². The highest BCUT2D eigenvalue weighted by Gasteiger charge is 2.30. The van der Waals surface area contributed by atoms with E-state index in [0.717, 1.165) is 32.1 Å². The molecule has 1 aliphatic carbocycles.